The molecule has 3 heterocycles. The number of ether oxygens (including phenoxy) is 3. The van der Waals surface area contributed by atoms with Crippen LogP contribution in [-0.2, 0) is 11.4 Å². The molecule has 2 aliphatic heterocycles. The van der Waals surface area contributed by atoms with Crippen molar-refractivity contribution in [2.24, 2.45) is 10.9 Å². The summed E-state index contributed by atoms with van der Waals surface area (Å²) in [7, 11) is 1.57. The average molecular weight is 630 g/mol. The number of carbonyl (C=O) groups is 1. The molecule has 7 nitrogen and oxygen atoms in total. The fourth-order valence-corrected chi connectivity index (χ4v) is 7.55. The fraction of sp³-hybridized carbons (Fsp3) is 0.233. The Morgan fingerprint density at radius 3 is 2.59 bits per heavy atom. The van der Waals surface area contributed by atoms with Crippen molar-refractivity contribution in [3.63, 3.8) is 0 Å². The van der Waals surface area contributed by atoms with E-state index in [1.165, 1.54) is 18.3 Å². The van der Waals surface area contributed by atoms with E-state index in [2.05, 4.69) is 0 Å². The number of aromatic nitrogens is 1. The van der Waals surface area contributed by atoms with Gasteiger partial charge in [-0.15, -0.1) is 0 Å². The van der Waals surface area contributed by atoms with Gasteiger partial charge in [-0.3, -0.25) is 14.2 Å². The second-order valence-electron chi connectivity index (χ2n) is 9.97. The Bertz CT molecular complexity index is 1880. The molecule has 1 aromatic heterocycles. The van der Waals surface area contributed by atoms with Gasteiger partial charge in [0.2, 0.25) is 5.72 Å². The molecule has 0 radical (unpaired) electrons. The lowest BCUT2D eigenvalue weighted by Gasteiger charge is -2.45. The topological polar surface area (TPSA) is 79.1 Å². The van der Waals surface area contributed by atoms with Crippen LogP contribution in [0, 0.1) is 5.92 Å². The average Bonchev–Trinajstić information content (AvgIpc) is 3.20. The summed E-state index contributed by atoms with van der Waals surface area (Å²) in [5.41, 5.74) is 0.918. The first-order valence-corrected chi connectivity index (χ1v) is 14.6. The molecular weight excluding hydrogens is 607 g/mol. The van der Waals surface area contributed by atoms with Crippen LogP contribution in [0.3, 0.4) is 0 Å². The first-order valence-electron chi connectivity index (χ1n) is 12.6. The second kappa shape index (κ2) is 10.5. The molecule has 210 valence electrons. The van der Waals surface area contributed by atoms with Crippen LogP contribution in [0.5, 0.6) is 17.2 Å². The van der Waals surface area contributed by atoms with Gasteiger partial charge in [0.25, 0.3) is 5.56 Å². The van der Waals surface area contributed by atoms with Crippen molar-refractivity contribution in [3.8, 4) is 17.2 Å². The number of hydrogen-bond acceptors (Lipinski definition) is 7. The number of carbonyl (C=O) groups excluding carboxylic acids is 1. The lowest BCUT2D eigenvalue weighted by atomic mass is 9.79. The Morgan fingerprint density at radius 1 is 1.15 bits per heavy atom. The van der Waals surface area contributed by atoms with Gasteiger partial charge in [-0.2, -0.15) is 0 Å². The van der Waals surface area contributed by atoms with Crippen LogP contribution in [-0.4, -0.2) is 23.2 Å². The summed E-state index contributed by atoms with van der Waals surface area (Å²) in [5, 5.41) is 0.984. The van der Waals surface area contributed by atoms with Gasteiger partial charge < -0.3 is 14.2 Å². The number of rotatable bonds is 6. The highest BCUT2D eigenvalue weighted by molar-refractivity contribution is 7.07. The predicted octanol–water partition coefficient (Wildman–Crippen LogP) is 5.82. The van der Waals surface area contributed by atoms with Crippen molar-refractivity contribution in [2.45, 2.75) is 32.2 Å². The second-order valence-corrected chi connectivity index (χ2v) is 12.2. The van der Waals surface area contributed by atoms with Crippen LogP contribution < -0.4 is 29.1 Å². The molecule has 0 amide bonds. The van der Waals surface area contributed by atoms with Gasteiger partial charge in [-0.1, -0.05) is 70.4 Å². The zero-order chi connectivity index (χ0) is 29.1. The van der Waals surface area contributed by atoms with Crippen molar-refractivity contribution < 1.29 is 19.0 Å². The molecule has 0 unspecified atom stereocenters. The summed E-state index contributed by atoms with van der Waals surface area (Å²) in [6.07, 6.45) is 1.79. The highest BCUT2D eigenvalue weighted by Gasteiger charge is 2.53. The molecule has 0 spiro atoms. The third kappa shape index (κ3) is 4.83. The third-order valence-corrected chi connectivity index (χ3v) is 9.02. The van der Waals surface area contributed by atoms with Crippen LogP contribution in [0.1, 0.15) is 36.6 Å². The Kier molecular flexibility index (Phi) is 7.14. The van der Waals surface area contributed by atoms with Crippen molar-refractivity contribution in [2.75, 3.05) is 7.11 Å². The number of Topliss-reactive ketones (excluding diaryl/α,β-unsaturated/α-hetero) is 1. The van der Waals surface area contributed by atoms with E-state index in [0.717, 1.165) is 16.7 Å². The number of nitrogens with zero attached hydrogens (tertiary/aromatic N) is 2. The lowest BCUT2D eigenvalue weighted by Crippen LogP contribution is -2.58. The summed E-state index contributed by atoms with van der Waals surface area (Å²) in [5.74, 6) is 0.797. The van der Waals surface area contributed by atoms with E-state index < -0.39 is 17.7 Å². The van der Waals surface area contributed by atoms with E-state index in [1.54, 1.807) is 42.9 Å². The standard InChI is InChI=1S/C30H23Cl3N2O5S/c1-15(36)25-26-19-6-4-5-7-23(19)40-30(25,2)34-29-35(26)28(37)24(41-29)11-16-8-9-22(38-3)17(10-16)14-39-27-20(32)12-18(31)13-21(27)33/h4-13,25-26H,14H2,1-3H3/b24-11+/t25-,26+,30+/m1/s1. The number of benzene rings is 3. The minimum atomic E-state index is -1.12. The largest absolute Gasteiger partial charge is 0.496 e. The molecule has 6 rings (SSSR count). The van der Waals surface area contributed by atoms with Gasteiger partial charge in [0.05, 0.1) is 27.7 Å². The molecule has 0 saturated heterocycles. The molecule has 2 bridgehead atoms. The number of thiazole rings is 1. The molecule has 0 saturated carbocycles. The van der Waals surface area contributed by atoms with Crippen LogP contribution in [0.2, 0.25) is 15.1 Å². The molecule has 0 fully saturated rings. The summed E-state index contributed by atoms with van der Waals surface area (Å²) >= 11 is 19.8. The maximum atomic E-state index is 13.9. The summed E-state index contributed by atoms with van der Waals surface area (Å²) < 4.78 is 19.8. The van der Waals surface area contributed by atoms with Gasteiger partial charge in [0.1, 0.15) is 29.8 Å². The Hall–Kier alpha value is -3.30. The maximum absolute atomic E-state index is 13.9. The number of halogens is 3. The van der Waals surface area contributed by atoms with Gasteiger partial charge in [0.15, 0.2) is 10.6 Å². The molecule has 11 heteroatoms. The minimum absolute atomic E-state index is 0.0919. The van der Waals surface area contributed by atoms with Crippen LogP contribution in [0.4, 0.5) is 0 Å². The van der Waals surface area contributed by atoms with Gasteiger partial charge in [-0.05, 0) is 55.8 Å². The number of fused-ring (bicyclic) bond motifs is 6. The van der Waals surface area contributed by atoms with Crippen molar-refractivity contribution in [1.29, 1.82) is 0 Å². The molecule has 0 N–H and O–H groups in total. The highest BCUT2D eigenvalue weighted by Crippen LogP contribution is 2.47. The van der Waals surface area contributed by atoms with Crippen molar-refractivity contribution in [1.82, 2.24) is 4.57 Å². The minimum Gasteiger partial charge on any atom is -0.496 e. The monoisotopic (exact) mass is 628 g/mol. The number of para-hydroxylation sites is 1. The summed E-state index contributed by atoms with van der Waals surface area (Å²) in [4.78, 5) is 32.0. The molecule has 2 aliphatic rings. The van der Waals surface area contributed by atoms with Gasteiger partial charge in [-0.25, -0.2) is 4.99 Å². The Balaban J connectivity index is 1.42. The SMILES string of the molecule is COc1ccc(/C=c2/sc3n(c2=O)[C@H]2c4ccccc4O[C@](C)(N=3)[C@@H]2C(C)=O)cc1COc1c(Cl)cc(Cl)cc1Cl. The van der Waals surface area contributed by atoms with E-state index in [4.69, 9.17) is 54.0 Å². The number of ketones is 1. The maximum Gasteiger partial charge on any atom is 0.270 e. The predicted molar refractivity (Wildman–Crippen MR) is 160 cm³/mol. The van der Waals surface area contributed by atoms with E-state index in [-0.39, 0.29) is 17.9 Å². The molecule has 3 atom stereocenters. The molecular formula is C30H23Cl3N2O5S. The fourth-order valence-electron chi connectivity index (χ4n) is 5.53. The Labute approximate surface area is 254 Å². The summed E-state index contributed by atoms with van der Waals surface area (Å²) in [6, 6.07) is 15.6. The van der Waals surface area contributed by atoms with E-state index in [0.29, 0.717) is 41.7 Å². The van der Waals surface area contributed by atoms with E-state index in [1.807, 2.05) is 36.4 Å². The van der Waals surface area contributed by atoms with Gasteiger partial charge in [0, 0.05) is 16.1 Å². The molecule has 4 aromatic rings. The van der Waals surface area contributed by atoms with Crippen LogP contribution >= 0.6 is 46.1 Å². The zero-order valence-corrected chi connectivity index (χ0v) is 25.2. The van der Waals surface area contributed by atoms with Crippen LogP contribution in [0.15, 0.2) is 64.4 Å². The first-order chi connectivity index (χ1) is 19.6. The van der Waals surface area contributed by atoms with E-state index >= 15 is 0 Å². The number of methoxy groups -OCH3 is 1. The highest BCUT2D eigenvalue weighted by atomic mass is 35.5. The zero-order valence-electron chi connectivity index (χ0n) is 22.1. The third-order valence-electron chi connectivity index (χ3n) is 7.26. The first kappa shape index (κ1) is 27.8. The lowest BCUT2D eigenvalue weighted by molar-refractivity contribution is -0.132. The molecule has 0 aliphatic carbocycles. The number of hydrogen-bond donors (Lipinski definition) is 0. The van der Waals surface area contributed by atoms with Crippen molar-refractivity contribution >= 4 is 58.0 Å². The Morgan fingerprint density at radius 2 is 1.88 bits per heavy atom. The normalized spacial score (nSPS) is 20.9. The summed E-state index contributed by atoms with van der Waals surface area (Å²) in [6.45, 7) is 3.42. The molecule has 3 aromatic carbocycles. The quantitative estimate of drug-likeness (QED) is 0.269. The smallest absolute Gasteiger partial charge is 0.270 e. The van der Waals surface area contributed by atoms with Crippen molar-refractivity contribution in [3.05, 3.63) is 106 Å². The molecule has 41 heavy (non-hydrogen) atoms. The van der Waals surface area contributed by atoms with E-state index in [9.17, 15) is 9.59 Å². The van der Waals surface area contributed by atoms with Gasteiger partial charge >= 0.3 is 0 Å². The van der Waals surface area contributed by atoms with Crippen LogP contribution in [0.25, 0.3) is 6.08 Å².